The van der Waals surface area contributed by atoms with Crippen molar-refractivity contribution in [2.45, 2.75) is 121 Å². The minimum Gasteiger partial charge on any atom is -0.464 e. The molecule has 0 spiro atoms. The van der Waals surface area contributed by atoms with Gasteiger partial charge in [-0.2, -0.15) is 0 Å². The van der Waals surface area contributed by atoms with E-state index in [1.807, 2.05) is 48.2 Å². The zero-order valence-electron chi connectivity index (χ0n) is 53.9. The highest BCUT2D eigenvalue weighted by Crippen LogP contribution is 2.64. The van der Waals surface area contributed by atoms with Gasteiger partial charge in [-0.1, -0.05) is 111 Å². The molecule has 23 heteroatoms. The van der Waals surface area contributed by atoms with Crippen LogP contribution in [0.3, 0.4) is 0 Å². The van der Waals surface area contributed by atoms with Gasteiger partial charge in [0.15, 0.2) is 17.5 Å². The standard InChI is InChI=1S/C72H76N4O17S2/c1-40-52(36-72(86)63(92-67(84)46-22-16-11-17-23-46)61-70(6,53(79)35-54-71(61,39-88-54)93-42(3)78)62(82)59(89-41(2)77)57(40)69(72,4)5)90-68(85)60(58(44-18-12-9-13-19-44)73-64(83)45-20-14-10-15-21-45)91-55(80)28-31-75-29-26-43(27-30-75)38-87-56(81)37-76-65(94)50-33-47-24-25-49(74(7)8)32-48(47)34-51(50)66(76)95/h9-25,28,31-34,43,52-54,58-61,63,79,86H,26-27,29-30,35-39H2,1-8H3,(H,73,83)/b31-28+/t52-,53-,54+,58-,59+,60+,61-,63-,70+,71-,72+/m0/s1. The van der Waals surface area contributed by atoms with Crippen LogP contribution in [0.1, 0.15) is 111 Å². The van der Waals surface area contributed by atoms with E-state index in [0.29, 0.717) is 41.5 Å². The lowest BCUT2D eigenvalue weighted by Gasteiger charge is -2.67. The number of nitrogens with zero attached hydrogens (tertiary/aromatic N) is 3. The molecule has 95 heavy (non-hydrogen) atoms. The molecule has 3 N–H and O–H groups in total. The normalized spacial score (nSPS) is 26.7. The first-order valence-corrected chi connectivity index (χ1v) is 32.4. The van der Waals surface area contributed by atoms with Crippen molar-refractivity contribution in [3.63, 3.8) is 0 Å². The molecular weight excluding hydrogens is 1260 g/mol. The molecule has 5 aromatic carbocycles. The van der Waals surface area contributed by atoms with Crippen molar-refractivity contribution >= 4 is 98.4 Å². The van der Waals surface area contributed by atoms with Crippen molar-refractivity contribution in [1.29, 1.82) is 0 Å². The molecule has 1 amide bonds. The minimum absolute atomic E-state index is 0.0259. The summed E-state index contributed by atoms with van der Waals surface area (Å²) >= 11 is 11.7. The summed E-state index contributed by atoms with van der Waals surface area (Å²) in [5.41, 5.74) is -5.07. The van der Waals surface area contributed by atoms with Crippen molar-refractivity contribution in [1.82, 2.24) is 15.1 Å². The molecule has 11 rings (SSSR count). The number of thiocarbonyl (C=S) groups is 2. The quantitative estimate of drug-likeness (QED) is 0.0250. The van der Waals surface area contributed by atoms with Gasteiger partial charge in [0.25, 0.3) is 5.91 Å². The Morgan fingerprint density at radius 1 is 0.800 bits per heavy atom. The van der Waals surface area contributed by atoms with Gasteiger partial charge in [-0.25, -0.2) is 14.4 Å². The highest BCUT2D eigenvalue weighted by Gasteiger charge is 2.78. The predicted molar refractivity (Wildman–Crippen MR) is 354 cm³/mol. The smallest absolute Gasteiger partial charge is 0.350 e. The Labute approximate surface area is 560 Å². The molecule has 0 radical (unpaired) electrons. The summed E-state index contributed by atoms with van der Waals surface area (Å²) in [5, 5.41) is 31.4. The Kier molecular flexibility index (Phi) is 19.1. The molecule has 6 aliphatic rings. The average molecular weight is 1330 g/mol. The number of Topliss-reactive ketones (excluding diaryl/α,β-unsaturated/α-hetero) is 1. The topological polar surface area (TPSA) is 263 Å². The first-order chi connectivity index (χ1) is 45.2. The van der Waals surface area contributed by atoms with E-state index in [1.54, 1.807) is 97.6 Å². The number of nitrogens with one attached hydrogen (secondary N) is 1. The fraction of sp³-hybridized carbons (Fsp3) is 0.417. The second-order valence-corrected chi connectivity index (χ2v) is 27.0. The van der Waals surface area contributed by atoms with Crippen LogP contribution in [0.4, 0.5) is 5.69 Å². The van der Waals surface area contributed by atoms with E-state index >= 15 is 9.59 Å². The molecule has 2 saturated carbocycles. The number of piperidine rings is 1. The number of carbonyl (C=O) groups excluding carboxylic acids is 8. The molecule has 2 bridgehead atoms. The van der Waals surface area contributed by atoms with Crippen molar-refractivity contribution in [3.05, 3.63) is 173 Å². The highest BCUT2D eigenvalue weighted by atomic mass is 32.1. The summed E-state index contributed by atoms with van der Waals surface area (Å²) in [4.78, 5) is 121. The molecule has 3 aliphatic carbocycles. The Hall–Kier alpha value is -8.74. The highest BCUT2D eigenvalue weighted by molar-refractivity contribution is 7.82. The lowest BCUT2D eigenvalue weighted by molar-refractivity contribution is -0.346. The Bertz CT molecular complexity index is 3970. The first-order valence-electron chi connectivity index (χ1n) is 31.6. The monoisotopic (exact) mass is 1330 g/mol. The van der Waals surface area contributed by atoms with Crippen LogP contribution in [-0.2, 0) is 61.9 Å². The summed E-state index contributed by atoms with van der Waals surface area (Å²) in [5.74, 6) is -8.70. The van der Waals surface area contributed by atoms with Crippen LogP contribution >= 0.6 is 24.4 Å². The summed E-state index contributed by atoms with van der Waals surface area (Å²) in [6.45, 7) is 8.73. The molecule has 0 unspecified atom stereocenters. The van der Waals surface area contributed by atoms with E-state index in [-0.39, 0.29) is 54.4 Å². The van der Waals surface area contributed by atoms with Gasteiger partial charge in [-0.05, 0) is 109 Å². The summed E-state index contributed by atoms with van der Waals surface area (Å²) < 4.78 is 43.2. The molecule has 0 aromatic heterocycles. The molecule has 2 saturated heterocycles. The number of carbonyl (C=O) groups is 8. The van der Waals surface area contributed by atoms with Crippen molar-refractivity contribution in [3.8, 4) is 0 Å². The van der Waals surface area contributed by atoms with Gasteiger partial charge in [-0.3, -0.25) is 24.0 Å². The van der Waals surface area contributed by atoms with Gasteiger partial charge in [0, 0.05) is 93.9 Å². The van der Waals surface area contributed by atoms with Crippen LogP contribution in [-0.4, -0.2) is 172 Å². The number of hydrogen-bond acceptors (Lipinski definition) is 21. The zero-order chi connectivity index (χ0) is 68.1. The van der Waals surface area contributed by atoms with E-state index in [9.17, 15) is 39.0 Å². The predicted octanol–water partition coefficient (Wildman–Crippen LogP) is 7.64. The minimum atomic E-state index is -2.51. The summed E-state index contributed by atoms with van der Waals surface area (Å²) in [6.07, 6.45) is -7.25. The Balaban J connectivity index is 0.868. The fourth-order valence-corrected chi connectivity index (χ4v) is 15.4. The van der Waals surface area contributed by atoms with Crippen LogP contribution in [0, 0.1) is 22.7 Å². The molecule has 4 fully saturated rings. The van der Waals surface area contributed by atoms with Crippen LogP contribution in [0.15, 0.2) is 145 Å². The van der Waals surface area contributed by atoms with E-state index in [2.05, 4.69) is 11.4 Å². The Morgan fingerprint density at radius 3 is 2.02 bits per heavy atom. The number of aliphatic hydroxyl groups excluding tert-OH is 1. The maximum atomic E-state index is 15.9. The third-order valence-electron chi connectivity index (χ3n) is 20.0. The fourth-order valence-electron chi connectivity index (χ4n) is 14.7. The van der Waals surface area contributed by atoms with Crippen LogP contribution in [0.25, 0.3) is 10.8 Å². The van der Waals surface area contributed by atoms with E-state index in [4.69, 9.17) is 57.6 Å². The average Bonchev–Trinajstić information content (AvgIpc) is 1.07. The van der Waals surface area contributed by atoms with Crippen molar-refractivity contribution in [2.24, 2.45) is 22.7 Å². The summed E-state index contributed by atoms with van der Waals surface area (Å²) in [7, 11) is 3.94. The number of esters is 6. The summed E-state index contributed by atoms with van der Waals surface area (Å²) in [6, 6.07) is 32.8. The molecular formula is C72H76N4O17S2. The zero-order valence-corrected chi connectivity index (χ0v) is 55.6. The third kappa shape index (κ3) is 12.8. The number of hydrogen-bond donors (Lipinski definition) is 3. The number of ketones is 1. The van der Waals surface area contributed by atoms with Gasteiger partial charge in [0.2, 0.25) is 6.10 Å². The maximum Gasteiger partial charge on any atom is 0.350 e. The van der Waals surface area contributed by atoms with Crippen LogP contribution in [0.5, 0.6) is 0 Å². The van der Waals surface area contributed by atoms with Gasteiger partial charge in [0.1, 0.15) is 46.5 Å². The van der Waals surface area contributed by atoms with Crippen molar-refractivity contribution in [2.75, 3.05) is 51.8 Å². The van der Waals surface area contributed by atoms with Gasteiger partial charge < -0.3 is 63.4 Å². The lowest BCUT2D eigenvalue weighted by Crippen LogP contribution is -2.82. The van der Waals surface area contributed by atoms with E-state index in [0.717, 1.165) is 47.5 Å². The van der Waals surface area contributed by atoms with Gasteiger partial charge in [0.05, 0.1) is 36.2 Å². The number of likely N-dealkylation sites (tertiary alicyclic amines) is 1. The third-order valence-corrected chi connectivity index (χ3v) is 20.8. The number of aliphatic hydroxyl groups is 2. The number of fused-ring (bicyclic) bond motifs is 7. The number of rotatable bonds is 18. The molecule has 3 aliphatic heterocycles. The SMILES string of the molecule is CC(=O)O[C@H]1C(=O)[C@@]2(C)[C@H]([C@H](OC(=O)c3ccccc3)[C@]3(O)C[C@H](OC(=O)[C@H](OC(=O)/C=C/N4CCC(COC(=O)CN5C(=S)c6cc7ccc(N(C)C)cc7cc6C5=S)CC4)[C@@H](NC(=O)c4ccccc4)c4ccccc4)C(C)=C1C3(C)C)[C@]1(OC(C)=O)CO[C@@H]1C[C@@H]2O. The van der Waals surface area contributed by atoms with Gasteiger partial charge >= 0.3 is 35.8 Å². The molecule has 498 valence electrons. The van der Waals surface area contributed by atoms with Crippen molar-refractivity contribution < 1.29 is 81.7 Å². The molecule has 3 heterocycles. The Morgan fingerprint density at radius 2 is 1.42 bits per heavy atom. The van der Waals surface area contributed by atoms with E-state index < -0.39 is 125 Å². The maximum absolute atomic E-state index is 15.9. The van der Waals surface area contributed by atoms with Crippen LogP contribution < -0.4 is 10.2 Å². The number of benzene rings is 5. The number of amides is 1. The molecule has 21 nitrogen and oxygen atoms in total. The second-order valence-electron chi connectivity index (χ2n) is 26.3. The second kappa shape index (κ2) is 26.8. The number of anilines is 1. The molecule has 11 atom stereocenters. The van der Waals surface area contributed by atoms with Gasteiger partial charge in [-0.15, -0.1) is 0 Å². The largest absolute Gasteiger partial charge is 0.464 e. The first kappa shape index (κ1) is 67.7. The lowest BCUT2D eigenvalue weighted by atomic mass is 9.44. The van der Waals surface area contributed by atoms with Crippen LogP contribution in [0.2, 0.25) is 0 Å². The van der Waals surface area contributed by atoms with E-state index in [1.165, 1.54) is 32.2 Å². The number of ether oxygens (including phenoxy) is 7. The molecule has 5 aromatic rings.